The van der Waals surface area contributed by atoms with Gasteiger partial charge in [-0.1, -0.05) is 23.2 Å². The third-order valence-corrected chi connectivity index (χ3v) is 4.14. The van der Waals surface area contributed by atoms with Crippen molar-refractivity contribution >= 4 is 34.8 Å². The van der Waals surface area contributed by atoms with Gasteiger partial charge in [0.15, 0.2) is 0 Å². The minimum absolute atomic E-state index is 0.0853. The molecule has 0 aromatic heterocycles. The molecule has 6 heteroatoms. The summed E-state index contributed by atoms with van der Waals surface area (Å²) in [6.45, 7) is 1.85. The first-order valence-electron chi connectivity index (χ1n) is 6.36. The fraction of sp³-hybridized carbons (Fsp3) is 0.429. The predicted molar refractivity (Wildman–Crippen MR) is 79.8 cm³/mol. The lowest BCUT2D eigenvalue weighted by Crippen LogP contribution is -2.48. The zero-order chi connectivity index (χ0) is 14.8. The average molecular weight is 312 g/mol. The number of carbonyl (C=O) groups is 1. The topological polar surface area (TPSA) is 64.9 Å². The second-order valence-electron chi connectivity index (χ2n) is 5.12. The van der Waals surface area contributed by atoms with Gasteiger partial charge in [-0.25, -0.2) is 0 Å². The molecular formula is C14H15Cl2N3O. The smallest absolute Gasteiger partial charge is 0.240 e. The summed E-state index contributed by atoms with van der Waals surface area (Å²) in [5.74, 6) is 0.0495. The molecule has 106 valence electrons. The van der Waals surface area contributed by atoms with Gasteiger partial charge in [0, 0.05) is 5.69 Å². The normalized spacial score (nSPS) is 16.9. The Morgan fingerprint density at radius 2 is 2.15 bits per heavy atom. The van der Waals surface area contributed by atoms with Crippen LogP contribution in [0.5, 0.6) is 0 Å². The molecule has 1 saturated carbocycles. The Bertz CT molecular complexity index is 566. The molecule has 2 rings (SSSR count). The molecule has 0 radical (unpaired) electrons. The number of hydrogen-bond acceptors (Lipinski definition) is 3. The second-order valence-corrected chi connectivity index (χ2v) is 5.93. The van der Waals surface area contributed by atoms with Crippen molar-refractivity contribution in [2.45, 2.75) is 25.3 Å². The first-order chi connectivity index (χ1) is 9.44. The van der Waals surface area contributed by atoms with Crippen molar-refractivity contribution in [3.8, 4) is 6.07 Å². The van der Waals surface area contributed by atoms with Crippen LogP contribution in [0.1, 0.15) is 19.8 Å². The average Bonchev–Trinajstić information content (AvgIpc) is 3.25. The van der Waals surface area contributed by atoms with Gasteiger partial charge in [0.2, 0.25) is 5.91 Å². The van der Waals surface area contributed by atoms with Crippen molar-refractivity contribution in [3.63, 3.8) is 0 Å². The highest BCUT2D eigenvalue weighted by Crippen LogP contribution is 2.39. The van der Waals surface area contributed by atoms with E-state index in [-0.39, 0.29) is 18.4 Å². The molecule has 0 heterocycles. The summed E-state index contributed by atoms with van der Waals surface area (Å²) < 4.78 is 0. The number of rotatable bonds is 5. The molecule has 1 fully saturated rings. The van der Waals surface area contributed by atoms with E-state index in [1.54, 1.807) is 25.1 Å². The van der Waals surface area contributed by atoms with E-state index in [0.29, 0.717) is 15.7 Å². The third kappa shape index (κ3) is 3.56. The van der Waals surface area contributed by atoms with Crippen LogP contribution in [0.2, 0.25) is 10.0 Å². The van der Waals surface area contributed by atoms with Crippen LogP contribution in [0.3, 0.4) is 0 Å². The maximum absolute atomic E-state index is 11.9. The van der Waals surface area contributed by atoms with E-state index in [4.69, 9.17) is 23.2 Å². The van der Waals surface area contributed by atoms with Crippen LogP contribution in [0.15, 0.2) is 18.2 Å². The van der Waals surface area contributed by atoms with Crippen LogP contribution >= 0.6 is 23.2 Å². The standard InChI is InChI=1S/C14H15Cl2N3O/c1-14(8-17,9-2-3-9)19-13(20)7-18-10-4-5-11(15)12(16)6-10/h4-6,9,18H,2-3,7H2,1H3,(H,19,20). The molecule has 20 heavy (non-hydrogen) atoms. The second kappa shape index (κ2) is 5.90. The molecule has 1 atom stereocenters. The molecule has 1 aliphatic rings. The summed E-state index contributed by atoms with van der Waals surface area (Å²) in [6, 6.07) is 7.24. The van der Waals surface area contributed by atoms with Gasteiger partial charge in [-0.3, -0.25) is 4.79 Å². The van der Waals surface area contributed by atoms with E-state index in [2.05, 4.69) is 16.7 Å². The van der Waals surface area contributed by atoms with Crippen LogP contribution in [0, 0.1) is 17.2 Å². The Labute approximate surface area is 128 Å². The molecule has 2 N–H and O–H groups in total. The van der Waals surface area contributed by atoms with Crippen molar-refractivity contribution in [2.24, 2.45) is 5.92 Å². The Balaban J connectivity index is 1.89. The number of nitriles is 1. The monoisotopic (exact) mass is 311 g/mol. The number of carbonyl (C=O) groups excluding carboxylic acids is 1. The van der Waals surface area contributed by atoms with E-state index < -0.39 is 5.54 Å². The molecule has 0 bridgehead atoms. The third-order valence-electron chi connectivity index (χ3n) is 3.40. The van der Waals surface area contributed by atoms with Gasteiger partial charge in [0.1, 0.15) is 5.54 Å². The summed E-state index contributed by atoms with van der Waals surface area (Å²) >= 11 is 11.7. The highest BCUT2D eigenvalue weighted by atomic mass is 35.5. The van der Waals surface area contributed by atoms with Crippen LogP contribution in [-0.2, 0) is 4.79 Å². The van der Waals surface area contributed by atoms with Crippen molar-refractivity contribution < 1.29 is 4.79 Å². The number of amides is 1. The fourth-order valence-electron chi connectivity index (χ4n) is 2.00. The Hall–Kier alpha value is -1.44. The highest BCUT2D eigenvalue weighted by molar-refractivity contribution is 6.42. The molecule has 1 aromatic rings. The zero-order valence-electron chi connectivity index (χ0n) is 11.0. The van der Waals surface area contributed by atoms with Gasteiger partial charge in [-0.2, -0.15) is 5.26 Å². The van der Waals surface area contributed by atoms with Crippen molar-refractivity contribution in [1.82, 2.24) is 5.32 Å². The number of benzene rings is 1. The van der Waals surface area contributed by atoms with Gasteiger partial charge < -0.3 is 10.6 Å². The Kier molecular flexibility index (Phi) is 4.42. The summed E-state index contributed by atoms with van der Waals surface area (Å²) in [4.78, 5) is 11.9. The van der Waals surface area contributed by atoms with E-state index in [9.17, 15) is 10.1 Å². The molecule has 1 aliphatic carbocycles. The minimum Gasteiger partial charge on any atom is -0.376 e. The molecule has 1 unspecified atom stereocenters. The Morgan fingerprint density at radius 1 is 1.45 bits per heavy atom. The van der Waals surface area contributed by atoms with E-state index in [1.165, 1.54) is 0 Å². The van der Waals surface area contributed by atoms with Crippen molar-refractivity contribution in [3.05, 3.63) is 28.2 Å². The molecule has 1 amide bonds. The highest BCUT2D eigenvalue weighted by Gasteiger charge is 2.42. The first kappa shape index (κ1) is 15.0. The molecule has 1 aromatic carbocycles. The lowest BCUT2D eigenvalue weighted by Gasteiger charge is -2.23. The lowest BCUT2D eigenvalue weighted by molar-refractivity contribution is -0.120. The summed E-state index contributed by atoms with van der Waals surface area (Å²) in [5.41, 5.74) is -0.0595. The first-order valence-corrected chi connectivity index (χ1v) is 7.11. The van der Waals surface area contributed by atoms with Gasteiger partial charge in [-0.15, -0.1) is 0 Å². The van der Waals surface area contributed by atoms with Gasteiger partial charge in [-0.05, 0) is 43.9 Å². The number of hydrogen-bond donors (Lipinski definition) is 2. The number of halogens is 2. The van der Waals surface area contributed by atoms with Gasteiger partial charge >= 0.3 is 0 Å². The van der Waals surface area contributed by atoms with Crippen LogP contribution in [0.4, 0.5) is 5.69 Å². The minimum atomic E-state index is -0.767. The maximum Gasteiger partial charge on any atom is 0.240 e. The SMILES string of the molecule is CC(C#N)(NC(=O)CNc1ccc(Cl)c(Cl)c1)C1CC1. The number of nitrogens with zero attached hydrogens (tertiary/aromatic N) is 1. The summed E-state index contributed by atoms with van der Waals surface area (Å²) in [7, 11) is 0. The summed E-state index contributed by atoms with van der Waals surface area (Å²) in [5, 5.41) is 15.8. The quantitative estimate of drug-likeness (QED) is 0.877. The Morgan fingerprint density at radius 3 is 2.70 bits per heavy atom. The maximum atomic E-state index is 11.9. The van der Waals surface area contributed by atoms with E-state index in [1.807, 2.05) is 0 Å². The molecule has 0 spiro atoms. The van der Waals surface area contributed by atoms with Crippen LogP contribution < -0.4 is 10.6 Å². The molecule has 0 saturated heterocycles. The fourth-order valence-corrected chi connectivity index (χ4v) is 2.30. The van der Waals surface area contributed by atoms with Crippen LogP contribution in [-0.4, -0.2) is 18.0 Å². The molecule has 0 aliphatic heterocycles. The van der Waals surface area contributed by atoms with E-state index >= 15 is 0 Å². The zero-order valence-corrected chi connectivity index (χ0v) is 12.6. The number of anilines is 1. The van der Waals surface area contributed by atoms with E-state index in [0.717, 1.165) is 12.8 Å². The number of nitrogens with one attached hydrogen (secondary N) is 2. The summed E-state index contributed by atoms with van der Waals surface area (Å²) in [6.07, 6.45) is 1.98. The molecular weight excluding hydrogens is 297 g/mol. The van der Waals surface area contributed by atoms with Crippen molar-refractivity contribution in [1.29, 1.82) is 5.26 Å². The van der Waals surface area contributed by atoms with Crippen LogP contribution in [0.25, 0.3) is 0 Å². The predicted octanol–water partition coefficient (Wildman–Crippen LogP) is 3.21. The largest absolute Gasteiger partial charge is 0.376 e. The lowest BCUT2D eigenvalue weighted by atomic mass is 9.98. The van der Waals surface area contributed by atoms with Gasteiger partial charge in [0.25, 0.3) is 0 Å². The van der Waals surface area contributed by atoms with Crippen molar-refractivity contribution in [2.75, 3.05) is 11.9 Å². The van der Waals surface area contributed by atoms with Gasteiger partial charge in [0.05, 0.1) is 22.7 Å². The molecule has 4 nitrogen and oxygen atoms in total.